The second-order valence-corrected chi connectivity index (χ2v) is 6.35. The van der Waals surface area contributed by atoms with Crippen LogP contribution < -0.4 is 0 Å². The molecule has 0 spiro atoms. The number of phenolic OH excluding ortho intramolecular Hbond substituents is 1. The van der Waals surface area contributed by atoms with Crippen LogP contribution in [-0.4, -0.2) is 31.0 Å². The smallest absolute Gasteiger partial charge is 0.200 e. The Kier molecular flexibility index (Phi) is 3.23. The normalized spacial score (nSPS) is 20.7. The highest BCUT2D eigenvalue weighted by Gasteiger charge is 2.31. The van der Waals surface area contributed by atoms with Crippen molar-refractivity contribution in [2.45, 2.75) is 32.0 Å². The van der Waals surface area contributed by atoms with E-state index in [1.807, 2.05) is 6.92 Å². The number of fused-ring (bicyclic) bond motifs is 1. The highest BCUT2D eigenvalue weighted by atomic mass is 35.5. The quantitative estimate of drug-likeness (QED) is 0.774. The van der Waals surface area contributed by atoms with Crippen molar-refractivity contribution in [2.75, 3.05) is 0 Å². The maximum absolute atomic E-state index is 13.0. The Morgan fingerprint density at radius 3 is 2.83 bits per heavy atom. The third-order valence-corrected chi connectivity index (χ3v) is 4.43. The summed E-state index contributed by atoms with van der Waals surface area (Å²) in [6, 6.07) is 3.32. The van der Waals surface area contributed by atoms with Crippen molar-refractivity contribution in [2.24, 2.45) is 0 Å². The number of benzene rings is 1. The zero-order valence-electron chi connectivity index (χ0n) is 12.4. The van der Waals surface area contributed by atoms with Crippen molar-refractivity contribution in [1.82, 2.24) is 19.7 Å². The van der Waals surface area contributed by atoms with Gasteiger partial charge in [0.2, 0.25) is 0 Å². The second-order valence-electron chi connectivity index (χ2n) is 5.91. The van der Waals surface area contributed by atoms with Gasteiger partial charge in [-0.2, -0.15) is 5.10 Å². The maximum Gasteiger partial charge on any atom is 0.200 e. The Labute approximate surface area is 136 Å². The van der Waals surface area contributed by atoms with E-state index in [9.17, 15) is 9.50 Å². The Hall–Kier alpha value is -2.21. The van der Waals surface area contributed by atoms with Crippen molar-refractivity contribution in [1.29, 1.82) is 0 Å². The van der Waals surface area contributed by atoms with Crippen LogP contribution in [0.25, 0.3) is 22.4 Å². The van der Waals surface area contributed by atoms with Gasteiger partial charge in [0.1, 0.15) is 17.4 Å². The lowest BCUT2D eigenvalue weighted by Crippen LogP contribution is -2.28. The number of aromatic hydroxyl groups is 1. The molecule has 2 aromatic heterocycles. The largest absolute Gasteiger partial charge is 0.507 e. The third-order valence-electron chi connectivity index (χ3n) is 4.21. The Morgan fingerprint density at radius 1 is 1.35 bits per heavy atom. The minimum atomic E-state index is -0.738. The van der Waals surface area contributed by atoms with E-state index >= 15 is 0 Å². The van der Waals surface area contributed by atoms with Gasteiger partial charge in [-0.1, -0.05) is 11.6 Å². The average Bonchev–Trinajstić information content (AvgIpc) is 2.85. The summed E-state index contributed by atoms with van der Waals surface area (Å²) in [6.45, 7) is 1.85. The summed E-state index contributed by atoms with van der Waals surface area (Å²) in [6.07, 6.45) is 3.62. The van der Waals surface area contributed by atoms with Gasteiger partial charge in [-0.15, -0.1) is 0 Å². The topological polar surface area (TPSA) is 63.8 Å². The predicted octanol–water partition coefficient (Wildman–Crippen LogP) is 3.83. The number of phenols is 1. The van der Waals surface area contributed by atoms with Crippen LogP contribution in [0.2, 0.25) is 5.02 Å². The number of halogens is 2. The number of aromatic nitrogens is 4. The average molecular weight is 333 g/mol. The van der Waals surface area contributed by atoms with E-state index in [2.05, 4.69) is 15.1 Å². The van der Waals surface area contributed by atoms with E-state index in [0.29, 0.717) is 40.3 Å². The molecule has 5 nitrogen and oxygen atoms in total. The molecule has 0 radical (unpaired) electrons. The van der Waals surface area contributed by atoms with Crippen LogP contribution in [-0.2, 0) is 0 Å². The summed E-state index contributed by atoms with van der Waals surface area (Å²) < 4.78 is 14.7. The summed E-state index contributed by atoms with van der Waals surface area (Å²) >= 11 is 5.93. The monoisotopic (exact) mass is 332 g/mol. The number of hydrogen-bond donors (Lipinski definition) is 1. The van der Waals surface area contributed by atoms with E-state index in [4.69, 9.17) is 11.6 Å². The van der Waals surface area contributed by atoms with Crippen molar-refractivity contribution >= 4 is 22.8 Å². The SMILES string of the molecule is Cc1cc(Cl)cc(O)c1-c1cnc2cn(C3CC(F)C3)nc2n1. The maximum atomic E-state index is 13.0. The first-order valence-electron chi connectivity index (χ1n) is 7.36. The molecule has 0 aliphatic heterocycles. The van der Waals surface area contributed by atoms with Crippen LogP contribution in [0.1, 0.15) is 24.4 Å². The number of nitrogens with zero attached hydrogens (tertiary/aromatic N) is 4. The van der Waals surface area contributed by atoms with Gasteiger partial charge in [0.25, 0.3) is 0 Å². The van der Waals surface area contributed by atoms with Gasteiger partial charge in [0, 0.05) is 23.4 Å². The number of hydrogen-bond acceptors (Lipinski definition) is 4. The number of rotatable bonds is 2. The summed E-state index contributed by atoms with van der Waals surface area (Å²) in [5.74, 6) is 0.0577. The highest BCUT2D eigenvalue weighted by molar-refractivity contribution is 6.31. The van der Waals surface area contributed by atoms with Crippen LogP contribution >= 0.6 is 11.6 Å². The molecular formula is C16H14ClFN4O. The van der Waals surface area contributed by atoms with Crippen molar-refractivity contribution in [3.05, 3.63) is 35.1 Å². The Balaban J connectivity index is 1.77. The molecule has 0 bridgehead atoms. The lowest BCUT2D eigenvalue weighted by molar-refractivity contribution is 0.128. The van der Waals surface area contributed by atoms with Gasteiger partial charge in [0.05, 0.1) is 24.1 Å². The molecular weight excluding hydrogens is 319 g/mol. The molecule has 23 heavy (non-hydrogen) atoms. The fourth-order valence-electron chi connectivity index (χ4n) is 2.92. The molecule has 4 rings (SSSR count). The molecule has 0 unspecified atom stereocenters. The molecule has 118 valence electrons. The standard InChI is InChI=1S/C16H14ClFN4O/c1-8-2-9(17)3-14(23)15(8)12-6-19-13-7-22(21-16(13)20-12)11-4-10(18)5-11/h2-3,6-7,10-11,23H,4-5H2,1H3. The third kappa shape index (κ3) is 2.43. The molecule has 1 N–H and O–H groups in total. The van der Waals surface area contributed by atoms with Gasteiger partial charge in [0.15, 0.2) is 5.65 Å². The van der Waals surface area contributed by atoms with Gasteiger partial charge < -0.3 is 5.11 Å². The molecule has 3 aromatic rings. The van der Waals surface area contributed by atoms with E-state index < -0.39 is 6.17 Å². The first-order chi connectivity index (χ1) is 11.0. The highest BCUT2D eigenvalue weighted by Crippen LogP contribution is 2.36. The fraction of sp³-hybridized carbons (Fsp3) is 0.312. The van der Waals surface area contributed by atoms with E-state index in [1.54, 1.807) is 23.1 Å². The van der Waals surface area contributed by atoms with Gasteiger partial charge in [-0.3, -0.25) is 4.68 Å². The van der Waals surface area contributed by atoms with Crippen molar-refractivity contribution in [3.8, 4) is 17.0 Å². The summed E-state index contributed by atoms with van der Waals surface area (Å²) in [5, 5.41) is 15.0. The van der Waals surface area contributed by atoms with Crippen LogP contribution in [0, 0.1) is 6.92 Å². The summed E-state index contributed by atoms with van der Waals surface area (Å²) in [7, 11) is 0. The molecule has 1 aromatic carbocycles. The zero-order chi connectivity index (χ0) is 16.1. The molecule has 1 saturated carbocycles. The fourth-order valence-corrected chi connectivity index (χ4v) is 3.19. The van der Waals surface area contributed by atoms with Crippen LogP contribution in [0.4, 0.5) is 4.39 Å². The lowest BCUT2D eigenvalue weighted by Gasteiger charge is -2.29. The minimum absolute atomic E-state index is 0.0577. The molecule has 0 atom stereocenters. The van der Waals surface area contributed by atoms with Gasteiger partial charge in [-0.05, 0) is 24.6 Å². The van der Waals surface area contributed by atoms with E-state index in [1.165, 1.54) is 6.07 Å². The molecule has 1 aliphatic rings. The lowest BCUT2D eigenvalue weighted by atomic mass is 9.91. The molecule has 1 aliphatic carbocycles. The molecule has 2 heterocycles. The van der Waals surface area contributed by atoms with Crippen molar-refractivity contribution < 1.29 is 9.50 Å². The number of alkyl halides is 1. The summed E-state index contributed by atoms with van der Waals surface area (Å²) in [5.41, 5.74) is 3.07. The predicted molar refractivity (Wildman–Crippen MR) is 85.3 cm³/mol. The first-order valence-corrected chi connectivity index (χ1v) is 7.74. The minimum Gasteiger partial charge on any atom is -0.507 e. The molecule has 7 heteroatoms. The van der Waals surface area contributed by atoms with Gasteiger partial charge >= 0.3 is 0 Å². The number of aryl methyl sites for hydroxylation is 1. The van der Waals surface area contributed by atoms with Crippen molar-refractivity contribution in [3.63, 3.8) is 0 Å². The van der Waals surface area contributed by atoms with Crippen LogP contribution in [0.5, 0.6) is 5.75 Å². The van der Waals surface area contributed by atoms with E-state index in [-0.39, 0.29) is 11.8 Å². The van der Waals surface area contributed by atoms with Crippen LogP contribution in [0.3, 0.4) is 0 Å². The zero-order valence-corrected chi connectivity index (χ0v) is 13.1. The van der Waals surface area contributed by atoms with Gasteiger partial charge in [-0.25, -0.2) is 14.4 Å². The Morgan fingerprint density at radius 2 is 2.13 bits per heavy atom. The summed E-state index contributed by atoms with van der Waals surface area (Å²) in [4.78, 5) is 8.84. The molecule has 0 amide bonds. The second kappa shape index (κ2) is 5.16. The Bertz CT molecular complexity index is 881. The van der Waals surface area contributed by atoms with E-state index in [0.717, 1.165) is 5.56 Å². The molecule has 1 fully saturated rings. The first kappa shape index (κ1) is 14.4. The molecule has 0 saturated heterocycles. The van der Waals surface area contributed by atoms with Crippen LogP contribution in [0.15, 0.2) is 24.5 Å².